The second-order valence-corrected chi connectivity index (χ2v) is 23.6. The molecule has 2 fully saturated rings. The normalized spacial score (nSPS) is 19.1. The maximum atomic E-state index is 14.7. The Balaban J connectivity index is 0.988. The minimum absolute atomic E-state index is 0.0186. The molecule has 1 saturated carbocycles. The minimum atomic E-state index is -1.27. The molecule has 0 N–H and O–H groups in total. The molecule has 0 unspecified atom stereocenters. The molecule has 4 aliphatic rings. The number of carbonyl (C=O) groups is 1. The van der Waals surface area contributed by atoms with Crippen LogP contribution < -0.4 is 18.9 Å². The lowest BCUT2D eigenvalue weighted by molar-refractivity contribution is -0.163. The van der Waals surface area contributed by atoms with Crippen molar-refractivity contribution < 1.29 is 56.6 Å². The quantitative estimate of drug-likeness (QED) is 0.0493. The molecule has 4 bridgehead atoms. The second-order valence-electron chi connectivity index (χ2n) is 21.9. The summed E-state index contributed by atoms with van der Waals surface area (Å²) in [7, 11) is 3.76. The van der Waals surface area contributed by atoms with E-state index in [1.165, 1.54) is 29.8 Å². The number of rotatable bonds is 21. The van der Waals surface area contributed by atoms with Gasteiger partial charge < -0.3 is 52.3 Å². The molecule has 3 aromatic carbocycles. The number of piperazine rings is 1. The number of likely N-dealkylation sites (N-methyl/N-ethyl adjacent to an activating group) is 1. The van der Waals surface area contributed by atoms with Crippen molar-refractivity contribution in [1.82, 2.24) is 29.7 Å². The van der Waals surface area contributed by atoms with E-state index >= 15 is 0 Å². The van der Waals surface area contributed by atoms with E-state index in [0.29, 0.717) is 130 Å². The van der Waals surface area contributed by atoms with Gasteiger partial charge in [-0.05, 0) is 126 Å². The average molecular weight is 1190 g/mol. The Kier molecular flexibility index (Phi) is 21.6. The van der Waals surface area contributed by atoms with E-state index < -0.39 is 23.8 Å². The summed E-state index contributed by atoms with van der Waals surface area (Å²) >= 11 is 16.3. The first kappa shape index (κ1) is 61.2. The van der Waals surface area contributed by atoms with Gasteiger partial charge in [-0.1, -0.05) is 35.3 Å². The smallest absolute Gasteiger partial charge is 0.348 e. The standard InChI is InChI=1S/C61H75Cl2FN6O11S/c1-38-50-39(2)54(63)55(53(38)62)79-47(34-70-22-20-69(6)21-23-70)36-77-46-16-17-48(78-35-44-18-19-65-57(68-44)41-10-14-45(15-11-41)76-31-30-75-29-28-74-27-26-73-25-24-72-7)42(32-46)33-49(60(71)81-61(3,4)5)80-58-52-51(50)56(82-59(52)67-37-66-58)40-8-12-43(64)13-9-40/h8-9,12-13,16-19,32,37,41,45,47,49H,10-11,14-15,20-31,33-36H2,1-7H3/t41?,45?,47-,49-/m1/s1. The third-order valence-corrected chi connectivity index (χ3v) is 16.7. The number of thiophene rings is 1. The first-order valence-corrected chi connectivity index (χ1v) is 29.7. The van der Waals surface area contributed by atoms with Crippen LogP contribution in [0, 0.1) is 19.7 Å². The number of methoxy groups -OCH3 is 1. The molecule has 10 rings (SSSR count). The van der Waals surface area contributed by atoms with Crippen LogP contribution in [0.4, 0.5) is 4.39 Å². The van der Waals surface area contributed by atoms with Crippen molar-refractivity contribution in [3.8, 4) is 44.7 Å². The number of aromatic nitrogens is 4. The summed E-state index contributed by atoms with van der Waals surface area (Å²) < 4.78 is 75.7. The van der Waals surface area contributed by atoms with Gasteiger partial charge in [0.25, 0.3) is 0 Å². The predicted molar refractivity (Wildman–Crippen MR) is 314 cm³/mol. The number of halogens is 3. The maximum Gasteiger partial charge on any atom is 0.348 e. The van der Waals surface area contributed by atoms with E-state index in [-0.39, 0.29) is 43.4 Å². The van der Waals surface area contributed by atoms with Crippen molar-refractivity contribution >= 4 is 50.7 Å². The number of esters is 1. The number of hydrogen-bond acceptors (Lipinski definition) is 18. The van der Waals surface area contributed by atoms with Crippen LogP contribution >= 0.6 is 34.5 Å². The van der Waals surface area contributed by atoms with Crippen LogP contribution in [0.15, 0.2) is 61.1 Å². The van der Waals surface area contributed by atoms with Gasteiger partial charge in [0.1, 0.15) is 59.2 Å². The Labute approximate surface area is 493 Å². The SMILES string of the molecule is COCCOCCOCCOCCOC1CCC(c2nccc(COc3ccc4cc3C[C@H](C(=O)OC(C)(C)C)Oc3ncnc5sc(-c6ccc(F)cc6)c(c35)-c3c(C)c(Cl)c(c(Cl)c3C)O[C@H](CN3CCN(C)CC3)CO4)n2)CC1. The average Bonchev–Trinajstić information content (AvgIpc) is 3.11. The summed E-state index contributed by atoms with van der Waals surface area (Å²) in [4.78, 5) is 39.8. The van der Waals surface area contributed by atoms with Crippen LogP contribution in [0.3, 0.4) is 0 Å². The Hall–Kier alpha value is -5.32. The monoisotopic (exact) mass is 1190 g/mol. The minimum Gasteiger partial charge on any atom is -0.490 e. The molecule has 0 amide bonds. The molecule has 1 saturated heterocycles. The zero-order valence-corrected chi connectivity index (χ0v) is 50.3. The molecule has 6 heterocycles. The van der Waals surface area contributed by atoms with Gasteiger partial charge in [-0.15, -0.1) is 11.3 Å². The van der Waals surface area contributed by atoms with Crippen LogP contribution in [-0.2, 0) is 46.2 Å². The third kappa shape index (κ3) is 16.1. The molecule has 3 aromatic heterocycles. The van der Waals surface area contributed by atoms with E-state index in [2.05, 4.69) is 16.8 Å². The lowest BCUT2D eigenvalue weighted by Crippen LogP contribution is -2.49. The lowest BCUT2D eigenvalue weighted by atomic mass is 9.87. The van der Waals surface area contributed by atoms with E-state index in [1.807, 2.05) is 38.1 Å². The van der Waals surface area contributed by atoms with Gasteiger partial charge in [-0.2, -0.15) is 0 Å². The van der Waals surface area contributed by atoms with Gasteiger partial charge in [-0.3, -0.25) is 4.90 Å². The van der Waals surface area contributed by atoms with Gasteiger partial charge in [0.2, 0.25) is 12.0 Å². The summed E-state index contributed by atoms with van der Waals surface area (Å²) in [5.74, 6) is 1.37. The van der Waals surface area contributed by atoms with E-state index in [9.17, 15) is 9.18 Å². The van der Waals surface area contributed by atoms with Gasteiger partial charge in [-0.25, -0.2) is 29.1 Å². The molecule has 21 heteroatoms. The number of ether oxygens (including phenoxy) is 10. The molecule has 17 nitrogen and oxygen atoms in total. The fourth-order valence-corrected chi connectivity index (χ4v) is 12.0. The van der Waals surface area contributed by atoms with Gasteiger partial charge >= 0.3 is 5.97 Å². The first-order chi connectivity index (χ1) is 39.6. The number of hydrogen-bond donors (Lipinski definition) is 0. The number of fused-ring (bicyclic) bond motifs is 7. The highest BCUT2D eigenvalue weighted by Crippen LogP contribution is 2.53. The molecule has 2 atom stereocenters. The highest BCUT2D eigenvalue weighted by Gasteiger charge is 2.34. The Morgan fingerprint density at radius 1 is 0.817 bits per heavy atom. The molecule has 0 radical (unpaired) electrons. The summed E-state index contributed by atoms with van der Waals surface area (Å²) in [6.07, 6.45) is 5.06. The molecule has 3 aliphatic heterocycles. The zero-order chi connectivity index (χ0) is 57.8. The van der Waals surface area contributed by atoms with Crippen molar-refractivity contribution in [2.45, 2.75) is 103 Å². The van der Waals surface area contributed by atoms with Crippen molar-refractivity contribution in [3.63, 3.8) is 0 Å². The largest absolute Gasteiger partial charge is 0.490 e. The fraction of sp³-hybridized carbons (Fsp3) is 0.525. The molecule has 442 valence electrons. The van der Waals surface area contributed by atoms with Crippen molar-refractivity contribution in [2.24, 2.45) is 0 Å². The van der Waals surface area contributed by atoms with Crippen LogP contribution in [0.1, 0.15) is 80.6 Å². The van der Waals surface area contributed by atoms with Crippen molar-refractivity contribution in [3.05, 3.63) is 105 Å². The third-order valence-electron chi connectivity index (χ3n) is 14.7. The zero-order valence-electron chi connectivity index (χ0n) is 47.9. The Bertz CT molecular complexity index is 3050. The summed E-state index contributed by atoms with van der Waals surface area (Å²) in [5.41, 5.74) is 3.85. The number of carbonyl (C=O) groups excluding carboxylic acids is 1. The van der Waals surface area contributed by atoms with Crippen LogP contribution in [-0.4, -0.2) is 166 Å². The van der Waals surface area contributed by atoms with Crippen molar-refractivity contribution in [1.29, 1.82) is 0 Å². The number of nitrogens with zero attached hydrogens (tertiary/aromatic N) is 6. The summed E-state index contributed by atoms with van der Waals surface area (Å²) in [6, 6.07) is 13.6. The molecule has 6 aromatic rings. The van der Waals surface area contributed by atoms with Crippen LogP contribution in [0.25, 0.3) is 31.8 Å². The molecule has 0 spiro atoms. The molecular formula is C61H75Cl2FN6O11S. The van der Waals surface area contributed by atoms with Crippen LogP contribution in [0.2, 0.25) is 10.0 Å². The second kappa shape index (κ2) is 29.0. The van der Waals surface area contributed by atoms with Crippen molar-refractivity contribution in [2.75, 3.05) is 106 Å². The van der Waals surface area contributed by atoms with Crippen LogP contribution in [0.5, 0.6) is 23.1 Å². The molecule has 1 aliphatic carbocycles. The van der Waals surface area contributed by atoms with Gasteiger partial charge in [0, 0.05) is 74.4 Å². The topological polar surface area (TPSA) is 167 Å². The summed E-state index contributed by atoms with van der Waals surface area (Å²) in [6.45, 7) is 17.7. The van der Waals surface area contributed by atoms with E-state index in [0.717, 1.165) is 68.1 Å². The Morgan fingerprint density at radius 2 is 1.50 bits per heavy atom. The van der Waals surface area contributed by atoms with E-state index in [4.69, 9.17) is 90.5 Å². The fourth-order valence-electron chi connectivity index (χ4n) is 10.4. The van der Waals surface area contributed by atoms with Gasteiger partial charge in [0.05, 0.1) is 80.1 Å². The highest BCUT2D eigenvalue weighted by atomic mass is 35.5. The first-order valence-electron chi connectivity index (χ1n) is 28.2. The molecule has 82 heavy (non-hydrogen) atoms. The van der Waals surface area contributed by atoms with Gasteiger partial charge in [0.15, 0.2) is 5.75 Å². The highest BCUT2D eigenvalue weighted by molar-refractivity contribution is 7.22. The maximum absolute atomic E-state index is 14.7. The Morgan fingerprint density at radius 3 is 2.18 bits per heavy atom. The predicted octanol–water partition coefficient (Wildman–Crippen LogP) is 10.9. The number of benzene rings is 3. The summed E-state index contributed by atoms with van der Waals surface area (Å²) in [5, 5.41) is 1.15. The van der Waals surface area contributed by atoms with E-state index in [1.54, 1.807) is 46.2 Å². The lowest BCUT2D eigenvalue weighted by Gasteiger charge is -2.35. The molecular weight excluding hydrogens is 1110 g/mol.